The lowest BCUT2D eigenvalue weighted by atomic mass is 9.98. The molecule has 1 aromatic carbocycles. The molecule has 1 unspecified atom stereocenters. The fourth-order valence-corrected chi connectivity index (χ4v) is 2.01. The summed E-state index contributed by atoms with van der Waals surface area (Å²) in [6.07, 6.45) is -2.22. The number of aliphatic hydroxyl groups excluding tert-OH is 1. The summed E-state index contributed by atoms with van der Waals surface area (Å²) in [7, 11) is 0. The summed E-state index contributed by atoms with van der Waals surface area (Å²) in [4.78, 5) is 13.2. The van der Waals surface area contributed by atoms with Gasteiger partial charge >= 0.3 is 0 Å². The maximum Gasteiger partial charge on any atom is 0.255 e. The van der Waals surface area contributed by atoms with Crippen molar-refractivity contribution in [3.8, 4) is 0 Å². The Balaban J connectivity index is 2.73. The lowest BCUT2D eigenvalue weighted by Crippen LogP contribution is -2.43. The lowest BCUT2D eigenvalue weighted by Gasteiger charge is -2.26. The molecule has 0 aliphatic heterocycles. The minimum atomic E-state index is -2.62. The number of nitrogens with two attached hydrogens (primary N) is 1. The highest BCUT2D eigenvalue weighted by molar-refractivity contribution is 5.79. The maximum atomic E-state index is 12.5. The zero-order valence-electron chi connectivity index (χ0n) is 11.2. The van der Waals surface area contributed by atoms with Crippen LogP contribution >= 0.6 is 0 Å². The third-order valence-electron chi connectivity index (χ3n) is 3.00. The molecule has 0 bridgehead atoms. The van der Waals surface area contributed by atoms with E-state index in [4.69, 9.17) is 10.8 Å². The van der Waals surface area contributed by atoms with Gasteiger partial charge in [-0.15, -0.1) is 0 Å². The number of halogens is 2. The zero-order chi connectivity index (χ0) is 15.0. The molecule has 0 fully saturated rings. The second-order valence-corrected chi connectivity index (χ2v) is 4.52. The number of benzene rings is 1. The summed E-state index contributed by atoms with van der Waals surface area (Å²) >= 11 is 0. The molecule has 3 N–H and O–H groups in total. The van der Waals surface area contributed by atoms with E-state index in [9.17, 15) is 13.6 Å². The summed E-state index contributed by atoms with van der Waals surface area (Å²) in [5.41, 5.74) is 6.52. The summed E-state index contributed by atoms with van der Waals surface area (Å²) in [6.45, 7) is -1.04. The number of carbonyl (C=O) groups is 1. The first-order chi connectivity index (χ1) is 9.58. The first-order valence-corrected chi connectivity index (χ1v) is 6.50. The van der Waals surface area contributed by atoms with Crippen LogP contribution in [0.25, 0.3) is 0 Å². The molecule has 0 aliphatic carbocycles. The summed E-state index contributed by atoms with van der Waals surface area (Å²) in [6, 6.07) is 9.27. The molecule has 1 amide bonds. The number of amides is 1. The first kappa shape index (κ1) is 16.5. The van der Waals surface area contributed by atoms with Crippen molar-refractivity contribution >= 4 is 5.91 Å². The Morgan fingerprint density at radius 3 is 2.45 bits per heavy atom. The molecular formula is C14H20F2N2O2. The van der Waals surface area contributed by atoms with Crippen LogP contribution in [0.15, 0.2) is 30.3 Å². The normalized spacial score (nSPS) is 12.4. The number of nitrogens with zero attached hydrogens (tertiary/aromatic N) is 1. The average molecular weight is 286 g/mol. The van der Waals surface area contributed by atoms with Crippen LogP contribution in [0.4, 0.5) is 8.78 Å². The van der Waals surface area contributed by atoms with Crippen LogP contribution in [-0.4, -0.2) is 48.6 Å². The topological polar surface area (TPSA) is 66.6 Å². The van der Waals surface area contributed by atoms with E-state index in [0.29, 0.717) is 6.42 Å². The Morgan fingerprint density at radius 2 is 1.95 bits per heavy atom. The van der Waals surface area contributed by atoms with Crippen LogP contribution in [0.3, 0.4) is 0 Å². The fraction of sp³-hybridized carbons (Fsp3) is 0.500. The molecule has 0 aliphatic rings. The summed E-state index contributed by atoms with van der Waals surface area (Å²) < 4.78 is 24.9. The van der Waals surface area contributed by atoms with Gasteiger partial charge in [-0.25, -0.2) is 8.78 Å². The van der Waals surface area contributed by atoms with Crippen molar-refractivity contribution in [2.24, 2.45) is 11.7 Å². The third kappa shape index (κ3) is 5.22. The number of carbonyl (C=O) groups excluding carboxylic acids is 1. The number of hydrogen-bond donors (Lipinski definition) is 2. The van der Waals surface area contributed by atoms with Gasteiger partial charge in [0.2, 0.25) is 5.91 Å². The van der Waals surface area contributed by atoms with Crippen LogP contribution in [0.5, 0.6) is 0 Å². The molecule has 20 heavy (non-hydrogen) atoms. The molecule has 0 aromatic heterocycles. The molecule has 112 valence electrons. The van der Waals surface area contributed by atoms with E-state index in [-0.39, 0.29) is 19.7 Å². The Morgan fingerprint density at radius 1 is 1.30 bits per heavy atom. The molecule has 1 atom stereocenters. The summed E-state index contributed by atoms with van der Waals surface area (Å²) in [5, 5.41) is 8.87. The van der Waals surface area contributed by atoms with E-state index >= 15 is 0 Å². The number of alkyl halides is 2. The SMILES string of the molecule is NCC(Cc1ccccc1)C(=O)N(CCO)CC(F)F. The molecule has 0 saturated heterocycles. The van der Waals surface area contributed by atoms with Gasteiger partial charge in [-0.05, 0) is 12.0 Å². The van der Waals surface area contributed by atoms with Crippen molar-refractivity contribution in [1.29, 1.82) is 0 Å². The minimum Gasteiger partial charge on any atom is -0.395 e. The average Bonchev–Trinajstić information content (AvgIpc) is 2.44. The van der Waals surface area contributed by atoms with Crippen LogP contribution in [0.1, 0.15) is 5.56 Å². The highest BCUT2D eigenvalue weighted by atomic mass is 19.3. The fourth-order valence-electron chi connectivity index (χ4n) is 2.01. The van der Waals surface area contributed by atoms with E-state index < -0.39 is 24.8 Å². The van der Waals surface area contributed by atoms with E-state index in [0.717, 1.165) is 10.5 Å². The highest BCUT2D eigenvalue weighted by Gasteiger charge is 2.25. The molecule has 4 nitrogen and oxygen atoms in total. The monoisotopic (exact) mass is 286 g/mol. The molecule has 1 rings (SSSR count). The molecule has 0 heterocycles. The van der Waals surface area contributed by atoms with Gasteiger partial charge in [0, 0.05) is 13.1 Å². The van der Waals surface area contributed by atoms with Crippen LogP contribution < -0.4 is 5.73 Å². The largest absolute Gasteiger partial charge is 0.395 e. The van der Waals surface area contributed by atoms with Crippen molar-refractivity contribution in [3.63, 3.8) is 0 Å². The second kappa shape index (κ2) is 8.60. The Kier molecular flexibility index (Phi) is 7.11. The van der Waals surface area contributed by atoms with Gasteiger partial charge in [-0.2, -0.15) is 0 Å². The van der Waals surface area contributed by atoms with Crippen LogP contribution in [0, 0.1) is 5.92 Å². The summed E-state index contributed by atoms with van der Waals surface area (Å²) in [5.74, 6) is -0.992. The van der Waals surface area contributed by atoms with Crippen molar-refractivity contribution in [2.75, 3.05) is 26.2 Å². The predicted molar refractivity (Wildman–Crippen MR) is 72.4 cm³/mol. The van der Waals surface area contributed by atoms with E-state index in [1.165, 1.54) is 0 Å². The van der Waals surface area contributed by atoms with Crippen LogP contribution in [0.2, 0.25) is 0 Å². The van der Waals surface area contributed by atoms with Crippen LogP contribution in [-0.2, 0) is 11.2 Å². The maximum absolute atomic E-state index is 12.5. The van der Waals surface area contributed by atoms with Crippen molar-refractivity contribution in [2.45, 2.75) is 12.8 Å². The molecule has 6 heteroatoms. The Labute approximate surface area is 117 Å². The standard InChI is InChI=1S/C14H20F2N2O2/c15-13(16)10-18(6-7-19)14(20)12(9-17)8-11-4-2-1-3-5-11/h1-5,12-13,19H,6-10,17H2. The molecule has 0 saturated carbocycles. The number of aliphatic hydroxyl groups is 1. The van der Waals surface area contributed by atoms with Gasteiger partial charge in [0.1, 0.15) is 0 Å². The lowest BCUT2D eigenvalue weighted by molar-refractivity contribution is -0.137. The molecular weight excluding hydrogens is 266 g/mol. The molecule has 1 aromatic rings. The van der Waals surface area contributed by atoms with Gasteiger partial charge in [0.15, 0.2) is 0 Å². The zero-order valence-corrected chi connectivity index (χ0v) is 11.2. The Bertz CT molecular complexity index is 401. The minimum absolute atomic E-state index is 0.0822. The van der Waals surface area contributed by atoms with E-state index in [1.807, 2.05) is 30.3 Å². The number of rotatable bonds is 8. The molecule has 0 radical (unpaired) electrons. The second-order valence-electron chi connectivity index (χ2n) is 4.52. The number of hydrogen-bond acceptors (Lipinski definition) is 3. The van der Waals surface area contributed by atoms with Gasteiger partial charge in [0.05, 0.1) is 19.1 Å². The quantitative estimate of drug-likeness (QED) is 0.746. The van der Waals surface area contributed by atoms with E-state index in [1.54, 1.807) is 0 Å². The predicted octanol–water partition coefficient (Wildman–Crippen LogP) is 0.890. The van der Waals surface area contributed by atoms with Crippen molar-refractivity contribution in [1.82, 2.24) is 4.90 Å². The third-order valence-corrected chi connectivity index (χ3v) is 3.00. The highest BCUT2D eigenvalue weighted by Crippen LogP contribution is 2.12. The van der Waals surface area contributed by atoms with Gasteiger partial charge in [-0.3, -0.25) is 4.79 Å². The van der Waals surface area contributed by atoms with Gasteiger partial charge in [-0.1, -0.05) is 30.3 Å². The van der Waals surface area contributed by atoms with Gasteiger partial charge in [0.25, 0.3) is 6.43 Å². The smallest absolute Gasteiger partial charge is 0.255 e. The Hall–Kier alpha value is -1.53. The molecule has 0 spiro atoms. The first-order valence-electron chi connectivity index (χ1n) is 6.50. The van der Waals surface area contributed by atoms with Crippen molar-refractivity contribution in [3.05, 3.63) is 35.9 Å². The van der Waals surface area contributed by atoms with Gasteiger partial charge < -0.3 is 15.7 Å². The van der Waals surface area contributed by atoms with E-state index in [2.05, 4.69) is 0 Å². The van der Waals surface area contributed by atoms with Crippen molar-refractivity contribution < 1.29 is 18.7 Å².